The van der Waals surface area contributed by atoms with Gasteiger partial charge in [0.25, 0.3) is 5.69 Å². The van der Waals surface area contributed by atoms with Crippen LogP contribution in [0.15, 0.2) is 30.3 Å². The van der Waals surface area contributed by atoms with Gasteiger partial charge in [0.2, 0.25) is 5.91 Å². The summed E-state index contributed by atoms with van der Waals surface area (Å²) < 4.78 is 0. The molecule has 3 aliphatic carbocycles. The lowest BCUT2D eigenvalue weighted by Crippen LogP contribution is -2.68. The fourth-order valence-electron chi connectivity index (χ4n) is 6.46. The van der Waals surface area contributed by atoms with Gasteiger partial charge in [-0.2, -0.15) is 0 Å². The van der Waals surface area contributed by atoms with E-state index in [1.54, 1.807) is 25.1 Å². The van der Waals surface area contributed by atoms with Crippen molar-refractivity contribution in [2.24, 2.45) is 29.4 Å². The van der Waals surface area contributed by atoms with Gasteiger partial charge in [-0.25, -0.2) is 0 Å². The van der Waals surface area contributed by atoms with Crippen LogP contribution >= 0.6 is 12.2 Å². The Balaban J connectivity index is 1.50. The maximum Gasteiger partial charge on any atom is 0.269 e. The number of rotatable bonds is 5. The zero-order chi connectivity index (χ0) is 31.5. The van der Waals surface area contributed by atoms with Crippen molar-refractivity contribution in [2.75, 3.05) is 29.6 Å². The van der Waals surface area contributed by atoms with Gasteiger partial charge in [-0.15, -0.1) is 0 Å². The first-order valence-electron chi connectivity index (χ1n) is 13.2. The second-order valence-electron chi connectivity index (χ2n) is 11.2. The molecular weight excluding hydrogens is 582 g/mol. The zero-order valence-electron chi connectivity index (χ0n) is 22.9. The number of carbonyl (C=O) groups is 5. The molecule has 0 aromatic heterocycles. The molecule has 224 valence electrons. The number of phenols is 1. The number of hydrogen-bond donors (Lipinski definition) is 5. The lowest BCUT2D eigenvalue weighted by molar-refractivity contribution is -0.384. The number of amides is 1. The Kier molecular flexibility index (Phi) is 7.26. The summed E-state index contributed by atoms with van der Waals surface area (Å²) in [4.78, 5) is 77.3. The van der Waals surface area contributed by atoms with E-state index >= 15 is 0 Å². The van der Waals surface area contributed by atoms with Crippen molar-refractivity contribution < 1.29 is 39.1 Å². The van der Waals surface area contributed by atoms with Crippen molar-refractivity contribution >= 4 is 69.1 Å². The van der Waals surface area contributed by atoms with Crippen LogP contribution in [0.3, 0.4) is 0 Å². The third-order valence-electron chi connectivity index (χ3n) is 8.44. The van der Waals surface area contributed by atoms with E-state index in [0.29, 0.717) is 16.9 Å². The lowest BCUT2D eigenvalue weighted by atomic mass is 9.53. The van der Waals surface area contributed by atoms with Gasteiger partial charge in [0, 0.05) is 49.9 Å². The molecule has 2 saturated carbocycles. The second-order valence-corrected chi connectivity index (χ2v) is 11.6. The number of non-ortho nitro benzene ring substituents is 1. The highest BCUT2D eigenvalue weighted by Crippen LogP contribution is 2.52. The average Bonchev–Trinajstić information content (AvgIpc) is 2.92. The first-order chi connectivity index (χ1) is 20.2. The molecule has 2 aromatic rings. The molecule has 6 N–H and O–H groups in total. The summed E-state index contributed by atoms with van der Waals surface area (Å²) in [6.45, 7) is 0. The number of primary amides is 1. The van der Waals surface area contributed by atoms with Crippen LogP contribution in [0, 0.1) is 33.8 Å². The number of aromatic hydroxyl groups is 1. The third-order valence-corrected chi connectivity index (χ3v) is 8.65. The number of carbonyl (C=O) groups excluding carboxylic acids is 5. The van der Waals surface area contributed by atoms with Crippen LogP contribution in [0.4, 0.5) is 22.7 Å². The van der Waals surface area contributed by atoms with E-state index in [1.165, 1.54) is 24.3 Å². The highest BCUT2D eigenvalue weighted by molar-refractivity contribution is 7.80. The Morgan fingerprint density at radius 2 is 1.77 bits per heavy atom. The fraction of sp³-hybridized carbons (Fsp3) is 0.357. The summed E-state index contributed by atoms with van der Waals surface area (Å²) in [6, 6.07) is 6.99. The van der Waals surface area contributed by atoms with Gasteiger partial charge in [0.1, 0.15) is 5.75 Å². The van der Waals surface area contributed by atoms with E-state index in [0.717, 1.165) is 0 Å². The standard InChI is InChI=1S/C28H27N5O9S/c1-32(2)17-10-16(31-27(43)30-13-3-5-14(6-4-13)33(41)42)22(35)20-15(17)8-11-7-12-9-18(34)21(26(29)39)25(38)28(12,40)24(37)19(11)23(20)36/h3-6,10-12,19,21,35,40H,7-9H2,1-2H3,(H2,29,39)(H2,30,31,43)/t11-,12+,19?,21?,28+/m1/s1. The number of aliphatic hydroxyl groups is 1. The van der Waals surface area contributed by atoms with Gasteiger partial charge in [-0.1, -0.05) is 0 Å². The Bertz CT molecular complexity index is 1640. The number of nitrogens with one attached hydrogen (secondary N) is 2. The summed E-state index contributed by atoms with van der Waals surface area (Å²) in [6.07, 6.45) is -0.309. The number of nitrogens with zero attached hydrogens (tertiary/aromatic N) is 2. The fourth-order valence-corrected chi connectivity index (χ4v) is 6.69. The van der Waals surface area contributed by atoms with Crippen molar-refractivity contribution in [1.29, 1.82) is 0 Å². The molecule has 0 saturated heterocycles. The number of anilines is 3. The van der Waals surface area contributed by atoms with Crippen molar-refractivity contribution in [3.05, 3.63) is 51.6 Å². The number of nitro groups is 1. The summed E-state index contributed by atoms with van der Waals surface area (Å²) in [5.74, 6) is -11.1. The normalized spacial score (nSPS) is 26.1. The molecule has 14 nitrogen and oxygen atoms in total. The molecule has 2 fully saturated rings. The van der Waals surface area contributed by atoms with Gasteiger partial charge in [-0.05, 0) is 54.7 Å². The zero-order valence-corrected chi connectivity index (χ0v) is 23.8. The molecular formula is C28H27N5O9S. The molecule has 2 unspecified atom stereocenters. The van der Waals surface area contributed by atoms with Gasteiger partial charge in [0.05, 0.1) is 22.1 Å². The molecule has 15 heteroatoms. The smallest absolute Gasteiger partial charge is 0.269 e. The lowest BCUT2D eigenvalue weighted by Gasteiger charge is -2.48. The van der Waals surface area contributed by atoms with E-state index in [1.807, 2.05) is 0 Å². The number of nitrogens with two attached hydrogens (primary N) is 1. The molecule has 1 amide bonds. The van der Waals surface area contributed by atoms with Crippen LogP contribution in [0.25, 0.3) is 0 Å². The van der Waals surface area contributed by atoms with Crippen molar-refractivity contribution in [2.45, 2.75) is 24.9 Å². The van der Waals surface area contributed by atoms with E-state index in [2.05, 4.69) is 10.6 Å². The molecule has 5 atom stereocenters. The van der Waals surface area contributed by atoms with E-state index < -0.39 is 75.4 Å². The number of ketones is 4. The highest BCUT2D eigenvalue weighted by atomic mass is 32.1. The van der Waals surface area contributed by atoms with Crippen molar-refractivity contribution in [3.63, 3.8) is 0 Å². The quantitative estimate of drug-likeness (QED) is 0.105. The van der Waals surface area contributed by atoms with Crippen LogP contribution < -0.4 is 21.3 Å². The Morgan fingerprint density at radius 1 is 1.12 bits per heavy atom. The van der Waals surface area contributed by atoms with E-state index in [9.17, 15) is 44.3 Å². The second kappa shape index (κ2) is 10.5. The van der Waals surface area contributed by atoms with Gasteiger partial charge >= 0.3 is 0 Å². The van der Waals surface area contributed by atoms with Crippen LogP contribution in [-0.4, -0.2) is 69.0 Å². The molecule has 3 aliphatic rings. The van der Waals surface area contributed by atoms with Crippen LogP contribution in [0.1, 0.15) is 28.8 Å². The molecule has 0 radical (unpaired) electrons. The number of hydrogen-bond acceptors (Lipinski definition) is 11. The van der Waals surface area contributed by atoms with Crippen molar-refractivity contribution in [3.8, 4) is 5.75 Å². The van der Waals surface area contributed by atoms with Crippen LogP contribution in [0.5, 0.6) is 5.75 Å². The average molecular weight is 610 g/mol. The predicted octanol–water partition coefficient (Wildman–Crippen LogP) is 1.11. The minimum Gasteiger partial charge on any atom is -0.505 e. The van der Waals surface area contributed by atoms with Crippen LogP contribution in [0.2, 0.25) is 0 Å². The van der Waals surface area contributed by atoms with Gasteiger partial charge in [-0.3, -0.25) is 34.1 Å². The Morgan fingerprint density at radius 3 is 2.35 bits per heavy atom. The summed E-state index contributed by atoms with van der Waals surface area (Å²) in [7, 11) is 3.43. The maximum atomic E-state index is 14.0. The van der Waals surface area contributed by atoms with Gasteiger partial charge < -0.3 is 31.5 Å². The molecule has 0 heterocycles. The number of phenolic OH excluding ortho intramolecular Hbond substituents is 1. The molecule has 0 aliphatic heterocycles. The number of Topliss-reactive ketones (excluding diaryl/α,β-unsaturated/α-hetero) is 4. The topological polar surface area (TPSA) is 222 Å². The minimum absolute atomic E-state index is 0.0154. The van der Waals surface area contributed by atoms with E-state index in [-0.39, 0.29) is 34.9 Å². The highest BCUT2D eigenvalue weighted by Gasteiger charge is 2.66. The molecule has 0 spiro atoms. The third kappa shape index (κ3) is 4.70. The molecule has 5 rings (SSSR count). The molecule has 0 bridgehead atoms. The SMILES string of the molecule is CN(C)c1cc(NC(=S)Nc2ccc([N+](=O)[O-])cc2)c(O)c2c1C[C@H]1C[C@H]3CC(=O)C(C(N)=O)C(=O)[C@@]3(O)C(=O)C1C2=O. The summed E-state index contributed by atoms with van der Waals surface area (Å²) in [5.41, 5.74) is 3.57. The Labute approximate surface area is 249 Å². The minimum atomic E-state index is -2.74. The maximum absolute atomic E-state index is 14.0. The summed E-state index contributed by atoms with van der Waals surface area (Å²) >= 11 is 5.34. The van der Waals surface area contributed by atoms with Crippen LogP contribution in [-0.2, 0) is 25.6 Å². The summed E-state index contributed by atoms with van der Waals surface area (Å²) in [5, 5.41) is 39.2. The first kappa shape index (κ1) is 29.7. The van der Waals surface area contributed by atoms with Crippen molar-refractivity contribution in [1.82, 2.24) is 0 Å². The number of thiocarbonyl (C=S) groups is 1. The number of fused-ring (bicyclic) bond motifs is 3. The predicted molar refractivity (Wildman–Crippen MR) is 156 cm³/mol. The molecule has 43 heavy (non-hydrogen) atoms. The monoisotopic (exact) mass is 609 g/mol. The first-order valence-corrected chi connectivity index (χ1v) is 13.6. The Hall–Kier alpha value is -4.76. The molecule has 2 aromatic carbocycles. The van der Waals surface area contributed by atoms with Gasteiger partial charge in [0.15, 0.2) is 39.8 Å². The number of benzene rings is 2. The van der Waals surface area contributed by atoms with E-state index in [4.69, 9.17) is 18.0 Å². The largest absolute Gasteiger partial charge is 0.505 e. The number of nitro benzene ring substituents is 1.